The van der Waals surface area contributed by atoms with Crippen molar-refractivity contribution in [2.45, 2.75) is 0 Å². The zero-order valence-corrected chi connectivity index (χ0v) is 68.6. The van der Waals surface area contributed by atoms with Crippen molar-refractivity contribution in [2.75, 3.05) is 0 Å². The molecule has 123 heavy (non-hydrogen) atoms. The summed E-state index contributed by atoms with van der Waals surface area (Å²) in [5, 5.41) is 14.6. The van der Waals surface area contributed by atoms with Crippen molar-refractivity contribution in [3.63, 3.8) is 0 Å². The second-order valence-electron chi connectivity index (χ2n) is 31.6. The number of para-hydroxylation sites is 9. The first kappa shape index (κ1) is 70.6. The molecule has 0 saturated heterocycles. The van der Waals surface area contributed by atoms with E-state index in [2.05, 4.69) is 432 Å². The topological polar surface area (TPSA) is 54.2 Å². The van der Waals surface area contributed by atoms with Gasteiger partial charge in [0.05, 0.1) is 47.2 Å². The first-order valence-corrected chi connectivity index (χ1v) is 44.0. The number of nitrogens with zero attached hydrogens (tertiary/aromatic N) is 3. The summed E-state index contributed by atoms with van der Waals surface area (Å²) >= 11 is 5.62. The molecule has 0 fully saturated rings. The van der Waals surface area contributed by atoms with Gasteiger partial charge in [0.1, 0.15) is 33.5 Å². The average Bonchev–Trinajstić information content (AvgIpc) is 1.56. The molecule has 576 valence electrons. The van der Waals surface area contributed by atoms with E-state index in [9.17, 15) is 0 Å². The largest absolute Gasteiger partial charge is 0.455 e. The van der Waals surface area contributed by atoms with Crippen molar-refractivity contribution in [3.05, 3.63) is 419 Å². The molecule has 0 radical (unpaired) electrons. The molecule has 0 aliphatic carbocycles. The van der Waals surface area contributed by atoms with Crippen LogP contribution in [0.1, 0.15) is 0 Å². The van der Waals surface area contributed by atoms with E-state index in [4.69, 9.17) is 13.3 Å². The Labute approximate surface area is 717 Å². The van der Waals surface area contributed by atoms with Crippen LogP contribution in [-0.4, -0.2) is 13.7 Å². The van der Waals surface area contributed by atoms with Crippen LogP contribution >= 0.6 is 34.0 Å². The fraction of sp³-hybridized carbons (Fsp3) is 0. The van der Waals surface area contributed by atoms with E-state index in [-0.39, 0.29) is 0 Å². The van der Waals surface area contributed by atoms with Crippen molar-refractivity contribution >= 4 is 193 Å². The Morgan fingerprint density at radius 1 is 0.179 bits per heavy atom. The van der Waals surface area contributed by atoms with Crippen LogP contribution in [0.3, 0.4) is 0 Å². The van der Waals surface area contributed by atoms with Crippen molar-refractivity contribution in [3.8, 4) is 83.8 Å². The molecule has 18 aromatic carbocycles. The minimum absolute atomic E-state index is 0.910. The summed E-state index contributed by atoms with van der Waals surface area (Å²) in [7, 11) is 0. The quantitative estimate of drug-likeness (QED) is 0.145. The van der Waals surface area contributed by atoms with Gasteiger partial charge in [0.25, 0.3) is 0 Å². The van der Waals surface area contributed by atoms with Crippen LogP contribution in [0.15, 0.2) is 432 Å². The number of thiophene rings is 3. The van der Waals surface area contributed by atoms with Gasteiger partial charge < -0.3 is 27.0 Å². The van der Waals surface area contributed by atoms with E-state index in [0.717, 1.165) is 88.1 Å². The van der Waals surface area contributed by atoms with E-state index in [1.165, 1.54) is 155 Å². The standard InChI is InChI=1S/3C38H23NOS/c1-3-11-24(12-4-1)25-21-22-33-31(23-25)29-18-9-17-28(37(29)40-33)27-16-10-20-34-35(27)36-38(41-34)30-15-7-8-19-32(30)39(36)26-13-5-2-6-14-26;1-3-10-24(11-4-1)25-19-21-34-32(22-25)29-16-9-15-28(37(29)40-34)26-18-20-31-35(23-26)41-38-30-14-7-8-17-33(30)39(36(31)38)27-12-5-2-6-13-27;1-3-10-24(11-4-1)25-18-20-34-31(22-25)29-16-9-15-28(37(29)40-34)26-19-21-35-32(23-26)36-38(41-35)30-14-7-8-17-33(30)39(36)27-12-5-2-6-13-27/h3*1-23H. The van der Waals surface area contributed by atoms with Crippen molar-refractivity contribution in [1.29, 1.82) is 0 Å². The smallest absolute Gasteiger partial charge is 0.143 e. The zero-order chi connectivity index (χ0) is 80.7. The first-order valence-electron chi connectivity index (χ1n) is 41.6. The zero-order valence-electron chi connectivity index (χ0n) is 66.1. The molecular weight excluding hydrogens is 1560 g/mol. The second-order valence-corrected chi connectivity index (χ2v) is 34.7. The van der Waals surface area contributed by atoms with Crippen molar-refractivity contribution < 1.29 is 13.3 Å². The summed E-state index contributed by atoms with van der Waals surface area (Å²) in [6, 6.07) is 149. The SMILES string of the molecule is c1ccc(-c2ccc3oc4c(-c5ccc6c(c5)sc5c7ccccc7n(-c7ccccc7)c65)cccc4c3c2)cc1.c1ccc(-c2ccc3oc4c(-c5ccc6sc7c8ccccc8n(-c8ccccc8)c7c6c5)cccc4c3c2)cc1.c1ccc(-c2ccc3oc4c(-c5cccc6sc7c8ccccc8n(-c8ccccc8)c7c56)cccc4c3c2)cc1. The van der Waals surface area contributed by atoms with Crippen LogP contribution in [0.4, 0.5) is 0 Å². The van der Waals surface area contributed by atoms with Gasteiger partial charge in [0.2, 0.25) is 0 Å². The van der Waals surface area contributed by atoms with Gasteiger partial charge in [0.15, 0.2) is 0 Å². The monoisotopic (exact) mass is 1620 g/mol. The number of fused-ring (bicyclic) bond motifs is 24. The minimum atomic E-state index is 0.910. The highest BCUT2D eigenvalue weighted by molar-refractivity contribution is 7.27. The molecule has 0 bridgehead atoms. The maximum Gasteiger partial charge on any atom is 0.143 e. The normalized spacial score (nSPS) is 11.9. The number of furan rings is 3. The van der Waals surface area contributed by atoms with Crippen LogP contribution in [0, 0.1) is 0 Å². The summed E-state index contributed by atoms with van der Waals surface area (Å²) in [4.78, 5) is 0. The molecule has 0 N–H and O–H groups in total. The van der Waals surface area contributed by atoms with Crippen LogP contribution in [0.25, 0.3) is 243 Å². The number of benzene rings is 18. The molecular formula is C114H69N3O3S3. The van der Waals surface area contributed by atoms with Gasteiger partial charge in [-0.1, -0.05) is 303 Å². The molecule has 0 aliphatic heterocycles. The van der Waals surface area contributed by atoms with Gasteiger partial charge in [-0.05, 0) is 165 Å². The molecule has 0 unspecified atom stereocenters. The van der Waals surface area contributed by atoms with E-state index in [1.54, 1.807) is 0 Å². The Balaban J connectivity index is 0.000000101. The van der Waals surface area contributed by atoms with E-state index in [1.807, 2.05) is 34.0 Å². The third-order valence-electron chi connectivity index (χ3n) is 24.6. The van der Waals surface area contributed by atoms with E-state index in [0.29, 0.717) is 0 Å². The fourth-order valence-corrected chi connectivity index (χ4v) is 22.7. The fourth-order valence-electron chi connectivity index (χ4n) is 19.0. The number of hydrogen-bond acceptors (Lipinski definition) is 6. The van der Waals surface area contributed by atoms with Crippen LogP contribution in [-0.2, 0) is 0 Å². The maximum absolute atomic E-state index is 6.64. The molecule has 27 aromatic rings. The average molecular weight is 1630 g/mol. The van der Waals surface area contributed by atoms with Gasteiger partial charge >= 0.3 is 0 Å². The van der Waals surface area contributed by atoms with Gasteiger partial charge in [0, 0.05) is 112 Å². The van der Waals surface area contributed by atoms with Gasteiger partial charge in [-0.15, -0.1) is 34.0 Å². The van der Waals surface area contributed by atoms with Gasteiger partial charge in [-0.3, -0.25) is 0 Å². The lowest BCUT2D eigenvalue weighted by molar-refractivity contribution is 0.669. The Kier molecular flexibility index (Phi) is 16.5. The van der Waals surface area contributed by atoms with Crippen molar-refractivity contribution in [2.24, 2.45) is 0 Å². The van der Waals surface area contributed by atoms with Gasteiger partial charge in [-0.25, -0.2) is 0 Å². The molecule has 0 amide bonds. The highest BCUT2D eigenvalue weighted by Crippen LogP contribution is 2.51. The molecule has 27 rings (SSSR count). The number of rotatable bonds is 9. The molecule has 9 heteroatoms. The summed E-state index contributed by atoms with van der Waals surface area (Å²) < 4.78 is 34.8. The molecule has 9 aromatic heterocycles. The molecule has 0 aliphatic rings. The predicted molar refractivity (Wildman–Crippen MR) is 523 cm³/mol. The highest BCUT2D eigenvalue weighted by Gasteiger charge is 2.26. The Bertz CT molecular complexity index is 8850. The number of aromatic nitrogens is 3. The second kappa shape index (κ2) is 28.7. The van der Waals surface area contributed by atoms with Crippen LogP contribution in [0.2, 0.25) is 0 Å². The summed E-state index contributed by atoms with van der Waals surface area (Å²) in [5.41, 5.74) is 30.7. The predicted octanol–water partition coefficient (Wildman–Crippen LogP) is 33.7. The third kappa shape index (κ3) is 11.5. The number of hydrogen-bond donors (Lipinski definition) is 0. The molecule has 0 atom stereocenters. The van der Waals surface area contributed by atoms with Crippen LogP contribution < -0.4 is 0 Å². The van der Waals surface area contributed by atoms with Gasteiger partial charge in [-0.2, -0.15) is 0 Å². The maximum atomic E-state index is 6.64. The van der Waals surface area contributed by atoms with Crippen molar-refractivity contribution in [1.82, 2.24) is 13.7 Å². The summed E-state index contributed by atoms with van der Waals surface area (Å²) in [6.45, 7) is 0. The molecule has 0 saturated carbocycles. The molecule has 0 spiro atoms. The Morgan fingerprint density at radius 3 is 0.967 bits per heavy atom. The Hall–Kier alpha value is -15.4. The third-order valence-corrected chi connectivity index (χ3v) is 28.2. The molecule has 6 nitrogen and oxygen atoms in total. The lowest BCUT2D eigenvalue weighted by Gasteiger charge is -2.10. The minimum Gasteiger partial charge on any atom is -0.455 e. The summed E-state index contributed by atoms with van der Waals surface area (Å²) in [5.74, 6) is 0. The lowest BCUT2D eigenvalue weighted by atomic mass is 9.98. The van der Waals surface area contributed by atoms with E-state index >= 15 is 0 Å². The van der Waals surface area contributed by atoms with E-state index < -0.39 is 0 Å². The van der Waals surface area contributed by atoms with Crippen LogP contribution in [0.5, 0.6) is 0 Å². The molecule has 9 heterocycles. The lowest BCUT2D eigenvalue weighted by Crippen LogP contribution is -1.93. The first-order chi connectivity index (χ1) is 61.0. The highest BCUT2D eigenvalue weighted by atomic mass is 32.1. The summed E-state index contributed by atoms with van der Waals surface area (Å²) in [6.07, 6.45) is 0. The Morgan fingerprint density at radius 2 is 0.504 bits per heavy atom.